The molecule has 8 heteroatoms. The summed E-state index contributed by atoms with van der Waals surface area (Å²) < 4.78 is 25.8. The molecule has 0 saturated heterocycles. The van der Waals surface area contributed by atoms with Crippen LogP contribution in [0.15, 0.2) is 35.1 Å². The van der Waals surface area contributed by atoms with Crippen molar-refractivity contribution in [2.24, 2.45) is 0 Å². The lowest BCUT2D eigenvalue weighted by Crippen LogP contribution is -2.29. The van der Waals surface area contributed by atoms with Crippen LogP contribution in [0, 0.1) is 6.92 Å². The van der Waals surface area contributed by atoms with E-state index in [9.17, 15) is 13.2 Å². The van der Waals surface area contributed by atoms with Crippen LogP contribution in [0.3, 0.4) is 0 Å². The van der Waals surface area contributed by atoms with Crippen LogP contribution in [0.5, 0.6) is 0 Å². The van der Waals surface area contributed by atoms with Crippen molar-refractivity contribution in [3.63, 3.8) is 0 Å². The van der Waals surface area contributed by atoms with E-state index in [1.54, 1.807) is 0 Å². The molecule has 116 valence electrons. The molecular formula is C14H11Cl2NO3S2. The van der Waals surface area contributed by atoms with E-state index in [0.29, 0.717) is 5.02 Å². The molecule has 22 heavy (non-hydrogen) atoms. The predicted molar refractivity (Wildman–Crippen MR) is 90.9 cm³/mol. The van der Waals surface area contributed by atoms with Gasteiger partial charge in [0.15, 0.2) is 0 Å². The van der Waals surface area contributed by atoms with Gasteiger partial charge < -0.3 is 0 Å². The molecule has 0 unspecified atom stereocenters. The molecule has 1 aromatic heterocycles. The SMILES string of the molecule is Cc1ccsc1C=CS(=O)(=O)NC(=O)c1ccc(Cl)cc1Cl. The van der Waals surface area contributed by atoms with Gasteiger partial charge in [-0.05, 0) is 48.2 Å². The summed E-state index contributed by atoms with van der Waals surface area (Å²) in [7, 11) is -3.91. The number of thiophene rings is 1. The van der Waals surface area contributed by atoms with Crippen molar-refractivity contribution >= 4 is 56.5 Å². The van der Waals surface area contributed by atoms with Gasteiger partial charge in [-0.3, -0.25) is 4.79 Å². The molecule has 0 spiro atoms. The van der Waals surface area contributed by atoms with Crippen LogP contribution in [-0.2, 0) is 10.0 Å². The van der Waals surface area contributed by atoms with Crippen LogP contribution in [0.2, 0.25) is 10.0 Å². The minimum absolute atomic E-state index is 0.0374. The van der Waals surface area contributed by atoms with Crippen molar-refractivity contribution in [3.05, 3.63) is 61.1 Å². The van der Waals surface area contributed by atoms with Gasteiger partial charge in [-0.2, -0.15) is 0 Å². The van der Waals surface area contributed by atoms with Gasteiger partial charge >= 0.3 is 0 Å². The van der Waals surface area contributed by atoms with Crippen molar-refractivity contribution in [1.29, 1.82) is 0 Å². The van der Waals surface area contributed by atoms with Crippen LogP contribution < -0.4 is 4.72 Å². The molecular weight excluding hydrogens is 365 g/mol. The molecule has 4 nitrogen and oxygen atoms in total. The van der Waals surface area contributed by atoms with Gasteiger partial charge in [0.05, 0.1) is 16.0 Å². The lowest BCUT2D eigenvalue weighted by atomic mass is 10.2. The van der Waals surface area contributed by atoms with E-state index >= 15 is 0 Å². The van der Waals surface area contributed by atoms with E-state index in [1.807, 2.05) is 23.1 Å². The fourth-order valence-corrected chi connectivity index (χ4v) is 3.75. The Hall–Kier alpha value is -1.34. The monoisotopic (exact) mass is 375 g/mol. The zero-order valence-electron chi connectivity index (χ0n) is 11.3. The van der Waals surface area contributed by atoms with Gasteiger partial charge in [0.25, 0.3) is 15.9 Å². The Labute approximate surface area is 142 Å². The minimum atomic E-state index is -3.91. The zero-order valence-corrected chi connectivity index (χ0v) is 14.5. The fraction of sp³-hybridized carbons (Fsp3) is 0.0714. The quantitative estimate of drug-likeness (QED) is 0.874. The Bertz CT molecular complexity index is 842. The summed E-state index contributed by atoms with van der Waals surface area (Å²) in [5, 5.41) is 3.25. The summed E-state index contributed by atoms with van der Waals surface area (Å²) in [5.74, 6) is -0.811. The Morgan fingerprint density at radius 2 is 2.00 bits per heavy atom. The number of sulfonamides is 1. The number of rotatable bonds is 4. The van der Waals surface area contributed by atoms with Gasteiger partial charge in [0.1, 0.15) is 0 Å². The summed E-state index contributed by atoms with van der Waals surface area (Å²) in [6.07, 6.45) is 1.44. The molecule has 0 aliphatic carbocycles. The van der Waals surface area contributed by atoms with E-state index in [0.717, 1.165) is 15.8 Å². The third kappa shape index (κ3) is 4.33. The second-order valence-electron chi connectivity index (χ2n) is 4.37. The molecule has 1 N–H and O–H groups in total. The third-order valence-corrected chi connectivity index (χ3v) is 5.21. The number of carbonyl (C=O) groups is 1. The van der Waals surface area contributed by atoms with E-state index in [-0.39, 0.29) is 10.6 Å². The first-order chi connectivity index (χ1) is 10.3. The average Bonchev–Trinajstić information content (AvgIpc) is 2.81. The Balaban J connectivity index is 2.16. The van der Waals surface area contributed by atoms with Gasteiger partial charge in [0, 0.05) is 9.90 Å². The molecule has 0 radical (unpaired) electrons. The van der Waals surface area contributed by atoms with Gasteiger partial charge in [-0.15, -0.1) is 11.3 Å². The summed E-state index contributed by atoms with van der Waals surface area (Å²) in [6.45, 7) is 1.87. The second kappa shape index (κ2) is 6.83. The van der Waals surface area contributed by atoms with Crippen molar-refractivity contribution in [1.82, 2.24) is 4.72 Å². The highest BCUT2D eigenvalue weighted by Gasteiger charge is 2.16. The topological polar surface area (TPSA) is 63.2 Å². The van der Waals surface area contributed by atoms with Crippen LogP contribution in [-0.4, -0.2) is 14.3 Å². The van der Waals surface area contributed by atoms with E-state index in [1.165, 1.54) is 35.6 Å². The van der Waals surface area contributed by atoms with Crippen LogP contribution >= 0.6 is 34.5 Å². The largest absolute Gasteiger partial charge is 0.268 e. The molecule has 1 aromatic carbocycles. The normalized spacial score (nSPS) is 11.8. The highest BCUT2D eigenvalue weighted by atomic mass is 35.5. The van der Waals surface area contributed by atoms with Crippen molar-refractivity contribution in [2.45, 2.75) is 6.92 Å². The molecule has 1 heterocycles. The number of hydrogen-bond donors (Lipinski definition) is 1. The number of aryl methyl sites for hydroxylation is 1. The third-order valence-electron chi connectivity index (χ3n) is 2.71. The molecule has 0 bridgehead atoms. The van der Waals surface area contributed by atoms with Gasteiger partial charge in [-0.1, -0.05) is 23.2 Å². The van der Waals surface area contributed by atoms with Gasteiger partial charge in [-0.25, -0.2) is 13.1 Å². The van der Waals surface area contributed by atoms with Crippen molar-refractivity contribution < 1.29 is 13.2 Å². The maximum absolute atomic E-state index is 12.0. The highest BCUT2D eigenvalue weighted by molar-refractivity contribution is 7.93. The Morgan fingerprint density at radius 3 is 2.59 bits per heavy atom. The van der Waals surface area contributed by atoms with Gasteiger partial charge in [0.2, 0.25) is 0 Å². The molecule has 1 amide bonds. The first-order valence-corrected chi connectivity index (χ1v) is 9.21. The number of carbonyl (C=O) groups excluding carboxylic acids is 1. The zero-order chi connectivity index (χ0) is 16.3. The van der Waals surface area contributed by atoms with Crippen LogP contribution in [0.1, 0.15) is 20.8 Å². The molecule has 0 aliphatic heterocycles. The number of halogens is 2. The molecule has 0 fully saturated rings. The fourth-order valence-electron chi connectivity index (χ4n) is 1.60. The second-order valence-corrected chi connectivity index (χ2v) is 7.73. The van der Waals surface area contributed by atoms with Crippen LogP contribution in [0.4, 0.5) is 0 Å². The van der Waals surface area contributed by atoms with Crippen molar-refractivity contribution in [2.75, 3.05) is 0 Å². The molecule has 0 saturated carbocycles. The summed E-state index contributed by atoms with van der Waals surface area (Å²) >= 11 is 13.0. The highest BCUT2D eigenvalue weighted by Crippen LogP contribution is 2.21. The first-order valence-electron chi connectivity index (χ1n) is 6.03. The molecule has 2 rings (SSSR count). The maximum atomic E-state index is 12.0. The minimum Gasteiger partial charge on any atom is -0.268 e. The number of nitrogens with one attached hydrogen (secondary N) is 1. The van der Waals surface area contributed by atoms with Crippen LogP contribution in [0.25, 0.3) is 6.08 Å². The predicted octanol–water partition coefficient (Wildman–Crippen LogP) is 4.09. The Morgan fingerprint density at radius 1 is 1.27 bits per heavy atom. The standard InChI is InChI=1S/C14H11Cl2NO3S2/c1-9-4-6-21-13(9)5-7-22(19,20)17-14(18)11-3-2-10(15)8-12(11)16/h2-8H,1H3,(H,17,18). The number of benzene rings is 1. The van der Waals surface area contributed by atoms with E-state index in [2.05, 4.69) is 0 Å². The lowest BCUT2D eigenvalue weighted by molar-refractivity contribution is 0.0982. The summed E-state index contributed by atoms with van der Waals surface area (Å²) in [4.78, 5) is 12.8. The number of hydrogen-bond acceptors (Lipinski definition) is 4. The van der Waals surface area contributed by atoms with Crippen molar-refractivity contribution in [3.8, 4) is 0 Å². The smallest absolute Gasteiger partial charge is 0.266 e. The molecule has 0 atom stereocenters. The number of amides is 1. The summed E-state index contributed by atoms with van der Waals surface area (Å²) in [5.41, 5.74) is 0.999. The lowest BCUT2D eigenvalue weighted by Gasteiger charge is -2.05. The average molecular weight is 376 g/mol. The van der Waals surface area contributed by atoms with E-state index in [4.69, 9.17) is 23.2 Å². The van der Waals surface area contributed by atoms with E-state index < -0.39 is 15.9 Å². The molecule has 2 aromatic rings. The first kappa shape index (κ1) is 17.0. The summed E-state index contributed by atoms with van der Waals surface area (Å²) in [6, 6.07) is 6.07. The maximum Gasteiger partial charge on any atom is 0.266 e. The molecule has 0 aliphatic rings. The Kier molecular flexibility index (Phi) is 5.28.